The fourth-order valence-corrected chi connectivity index (χ4v) is 5.22. The third-order valence-electron chi connectivity index (χ3n) is 6.79. The molecule has 7 heteroatoms. The van der Waals surface area contributed by atoms with Gasteiger partial charge in [-0.15, -0.1) is 0 Å². The van der Waals surface area contributed by atoms with Crippen molar-refractivity contribution in [3.63, 3.8) is 0 Å². The molecule has 162 valence electrons. The number of piperidine rings is 2. The normalized spacial score (nSPS) is 27.1. The lowest BCUT2D eigenvalue weighted by molar-refractivity contribution is -0.139. The second-order valence-electron chi connectivity index (χ2n) is 9.05. The van der Waals surface area contributed by atoms with Gasteiger partial charge in [0.2, 0.25) is 5.91 Å². The highest BCUT2D eigenvalue weighted by molar-refractivity contribution is 5.79. The molecule has 0 saturated carbocycles. The van der Waals surface area contributed by atoms with Gasteiger partial charge in [0.05, 0.1) is 17.8 Å². The quantitative estimate of drug-likeness (QED) is 0.760. The Balaban J connectivity index is 1.24. The third kappa shape index (κ3) is 4.76. The molecule has 0 unspecified atom stereocenters. The maximum atomic E-state index is 13.1. The number of rotatable bonds is 3. The number of pyridine rings is 1. The van der Waals surface area contributed by atoms with Crippen LogP contribution in [-0.2, 0) is 9.53 Å². The van der Waals surface area contributed by atoms with E-state index in [4.69, 9.17) is 10.00 Å². The summed E-state index contributed by atoms with van der Waals surface area (Å²) in [6.07, 6.45) is 6.09. The molecule has 4 rings (SSSR count). The number of morpholine rings is 1. The predicted octanol–water partition coefficient (Wildman–Crippen LogP) is 2.27. The minimum Gasteiger partial charge on any atom is -0.373 e. The lowest BCUT2D eigenvalue weighted by atomic mass is 9.93. The van der Waals surface area contributed by atoms with Crippen molar-refractivity contribution in [1.82, 2.24) is 14.8 Å². The Labute approximate surface area is 179 Å². The van der Waals surface area contributed by atoms with Gasteiger partial charge in [-0.2, -0.15) is 5.26 Å². The van der Waals surface area contributed by atoms with Crippen LogP contribution in [0.3, 0.4) is 0 Å². The fraction of sp³-hybridized carbons (Fsp3) is 0.696. The van der Waals surface area contributed by atoms with Crippen LogP contribution in [0.25, 0.3) is 0 Å². The van der Waals surface area contributed by atoms with E-state index in [9.17, 15) is 4.79 Å². The standard InChI is InChI=1S/C23H33N5O2/c1-17-15-28(16-18(2)30-17)21-7-11-27(12-8-21)23(29)20-5-9-26(10-6-20)22-4-3-19(13-24)14-25-22/h3-4,14,17-18,20-21H,5-12,15-16H2,1-2H3/t17-,18-/m0/s1. The van der Waals surface area contributed by atoms with Gasteiger partial charge in [-0.1, -0.05) is 0 Å². The van der Waals surface area contributed by atoms with Crippen molar-refractivity contribution < 1.29 is 9.53 Å². The van der Waals surface area contributed by atoms with E-state index in [0.29, 0.717) is 29.7 Å². The van der Waals surface area contributed by atoms with Crippen molar-refractivity contribution in [1.29, 1.82) is 5.26 Å². The fourth-order valence-electron chi connectivity index (χ4n) is 5.22. The molecule has 1 aromatic heterocycles. The van der Waals surface area contributed by atoms with Gasteiger partial charge in [0.15, 0.2) is 0 Å². The number of hydrogen-bond donors (Lipinski definition) is 0. The van der Waals surface area contributed by atoms with E-state index in [2.05, 4.69) is 39.6 Å². The summed E-state index contributed by atoms with van der Waals surface area (Å²) in [4.78, 5) is 24.4. The Bertz CT molecular complexity index is 751. The first-order valence-corrected chi connectivity index (χ1v) is 11.3. The number of amides is 1. The lowest BCUT2D eigenvalue weighted by Crippen LogP contribution is -2.54. The SMILES string of the molecule is C[C@H]1CN(C2CCN(C(=O)C3CCN(c4ccc(C#N)cn4)CC3)CC2)C[C@H](C)O1. The largest absolute Gasteiger partial charge is 0.373 e. The summed E-state index contributed by atoms with van der Waals surface area (Å²) in [6, 6.07) is 6.39. The van der Waals surface area contributed by atoms with E-state index in [-0.39, 0.29) is 5.92 Å². The second kappa shape index (κ2) is 9.32. The Kier molecular flexibility index (Phi) is 6.55. The van der Waals surface area contributed by atoms with E-state index in [1.807, 2.05) is 6.07 Å². The molecule has 4 heterocycles. The monoisotopic (exact) mass is 411 g/mol. The highest BCUT2D eigenvalue weighted by Crippen LogP contribution is 2.26. The van der Waals surface area contributed by atoms with Crippen LogP contribution in [0.4, 0.5) is 5.82 Å². The van der Waals surface area contributed by atoms with Crippen molar-refractivity contribution >= 4 is 11.7 Å². The molecule has 0 bridgehead atoms. The van der Waals surface area contributed by atoms with Gasteiger partial charge in [-0.3, -0.25) is 9.69 Å². The molecule has 30 heavy (non-hydrogen) atoms. The van der Waals surface area contributed by atoms with Crippen LogP contribution in [-0.4, -0.2) is 78.2 Å². The summed E-state index contributed by atoms with van der Waals surface area (Å²) in [7, 11) is 0. The van der Waals surface area contributed by atoms with Crippen molar-refractivity contribution in [3.05, 3.63) is 23.9 Å². The third-order valence-corrected chi connectivity index (χ3v) is 6.79. The first-order valence-electron chi connectivity index (χ1n) is 11.3. The Morgan fingerprint density at radius 3 is 2.30 bits per heavy atom. The van der Waals surface area contributed by atoms with Crippen LogP contribution in [0.2, 0.25) is 0 Å². The molecule has 3 aliphatic heterocycles. The molecular formula is C23H33N5O2. The van der Waals surface area contributed by atoms with Crippen LogP contribution in [0.1, 0.15) is 45.1 Å². The molecule has 0 radical (unpaired) electrons. The minimum absolute atomic E-state index is 0.125. The molecular weight excluding hydrogens is 378 g/mol. The summed E-state index contributed by atoms with van der Waals surface area (Å²) in [6.45, 7) is 9.75. The van der Waals surface area contributed by atoms with Crippen LogP contribution in [0.5, 0.6) is 0 Å². The summed E-state index contributed by atoms with van der Waals surface area (Å²) in [5.41, 5.74) is 0.577. The van der Waals surface area contributed by atoms with Gasteiger partial charge < -0.3 is 14.5 Å². The van der Waals surface area contributed by atoms with Gasteiger partial charge in [-0.25, -0.2) is 4.98 Å². The molecule has 3 fully saturated rings. The number of carbonyl (C=O) groups excluding carboxylic acids is 1. The second-order valence-corrected chi connectivity index (χ2v) is 9.05. The molecule has 3 saturated heterocycles. The number of aromatic nitrogens is 1. The number of ether oxygens (including phenoxy) is 1. The van der Waals surface area contributed by atoms with E-state index in [1.165, 1.54) is 0 Å². The zero-order valence-corrected chi connectivity index (χ0v) is 18.2. The average molecular weight is 412 g/mol. The Morgan fingerprint density at radius 1 is 1.07 bits per heavy atom. The molecule has 0 spiro atoms. The van der Waals surface area contributed by atoms with Crippen LogP contribution in [0, 0.1) is 17.2 Å². The van der Waals surface area contributed by atoms with Crippen LogP contribution < -0.4 is 4.90 Å². The molecule has 1 aromatic rings. The van der Waals surface area contributed by atoms with E-state index in [1.54, 1.807) is 12.3 Å². The summed E-state index contributed by atoms with van der Waals surface area (Å²) < 4.78 is 5.87. The van der Waals surface area contributed by atoms with Crippen molar-refractivity contribution in [2.45, 2.75) is 57.8 Å². The summed E-state index contributed by atoms with van der Waals surface area (Å²) >= 11 is 0. The molecule has 0 aromatic carbocycles. The molecule has 2 atom stereocenters. The average Bonchev–Trinajstić information content (AvgIpc) is 2.78. The van der Waals surface area contributed by atoms with Crippen molar-refractivity contribution in [2.75, 3.05) is 44.2 Å². The highest BCUT2D eigenvalue weighted by atomic mass is 16.5. The van der Waals surface area contributed by atoms with Crippen LogP contribution >= 0.6 is 0 Å². The molecule has 3 aliphatic rings. The smallest absolute Gasteiger partial charge is 0.225 e. The highest BCUT2D eigenvalue weighted by Gasteiger charge is 2.34. The lowest BCUT2D eigenvalue weighted by Gasteiger charge is -2.44. The van der Waals surface area contributed by atoms with Crippen molar-refractivity contribution in [2.24, 2.45) is 5.92 Å². The maximum Gasteiger partial charge on any atom is 0.225 e. The number of hydrogen-bond acceptors (Lipinski definition) is 6. The number of carbonyl (C=O) groups is 1. The van der Waals surface area contributed by atoms with Gasteiger partial charge in [0.1, 0.15) is 11.9 Å². The summed E-state index contributed by atoms with van der Waals surface area (Å²) in [5.74, 6) is 1.36. The van der Waals surface area contributed by atoms with Crippen molar-refractivity contribution in [3.8, 4) is 6.07 Å². The van der Waals surface area contributed by atoms with E-state index < -0.39 is 0 Å². The topological polar surface area (TPSA) is 72.7 Å². The summed E-state index contributed by atoms with van der Waals surface area (Å²) in [5, 5.41) is 8.92. The molecule has 0 aliphatic carbocycles. The van der Waals surface area contributed by atoms with Crippen LogP contribution in [0.15, 0.2) is 18.3 Å². The van der Waals surface area contributed by atoms with Gasteiger partial charge >= 0.3 is 0 Å². The minimum atomic E-state index is 0.125. The van der Waals surface area contributed by atoms with Gasteiger partial charge in [-0.05, 0) is 51.7 Å². The number of nitriles is 1. The van der Waals surface area contributed by atoms with Gasteiger partial charge in [0.25, 0.3) is 0 Å². The van der Waals surface area contributed by atoms with Gasteiger partial charge in [0, 0.05) is 57.4 Å². The number of nitrogens with zero attached hydrogens (tertiary/aromatic N) is 5. The first kappa shape index (κ1) is 21.1. The molecule has 0 N–H and O–H groups in total. The number of likely N-dealkylation sites (tertiary alicyclic amines) is 1. The predicted molar refractivity (Wildman–Crippen MR) is 115 cm³/mol. The zero-order chi connectivity index (χ0) is 21.1. The van der Waals surface area contributed by atoms with E-state index >= 15 is 0 Å². The maximum absolute atomic E-state index is 13.1. The zero-order valence-electron chi connectivity index (χ0n) is 18.2. The Morgan fingerprint density at radius 2 is 1.73 bits per heavy atom. The molecule has 1 amide bonds. The van der Waals surface area contributed by atoms with E-state index in [0.717, 1.165) is 70.8 Å². The molecule has 7 nitrogen and oxygen atoms in total. The first-order chi connectivity index (χ1) is 14.5. The number of anilines is 1. The Hall–Kier alpha value is -2.17.